The third-order valence-corrected chi connectivity index (χ3v) is 8.94. The molecule has 0 aromatic carbocycles. The minimum atomic E-state index is -4.00. The van der Waals surface area contributed by atoms with Crippen LogP contribution < -0.4 is 5.73 Å². The predicted octanol–water partition coefficient (Wildman–Crippen LogP) is 6.20. The van der Waals surface area contributed by atoms with Gasteiger partial charge in [0.1, 0.15) is 12.2 Å². The van der Waals surface area contributed by atoms with E-state index in [1.165, 1.54) is 103 Å². The summed E-state index contributed by atoms with van der Waals surface area (Å²) in [6.45, 7) is 5.78. The average Bonchev–Trinajstić information content (AvgIpc) is 3.41. The number of guanidine groups is 1. The van der Waals surface area contributed by atoms with Crippen LogP contribution in [0.25, 0.3) is 0 Å². The zero-order valence-corrected chi connectivity index (χ0v) is 28.8. The number of fused-ring (bicyclic) bond motifs is 1. The molecule has 2 heterocycles. The van der Waals surface area contributed by atoms with Gasteiger partial charge >= 0.3 is 7.60 Å². The van der Waals surface area contributed by atoms with Crippen molar-refractivity contribution in [3.05, 3.63) is 0 Å². The van der Waals surface area contributed by atoms with Crippen molar-refractivity contribution >= 4 is 31.6 Å². The summed E-state index contributed by atoms with van der Waals surface area (Å²) in [5, 5.41) is 0. The fraction of sp³-hybridized carbons (Fsp3) is 0.875. The van der Waals surface area contributed by atoms with E-state index in [0.29, 0.717) is 19.0 Å². The quantitative estimate of drug-likeness (QED) is 0.0678. The second-order valence-corrected chi connectivity index (χ2v) is 13.7. The van der Waals surface area contributed by atoms with E-state index in [-0.39, 0.29) is 32.3 Å². The van der Waals surface area contributed by atoms with Gasteiger partial charge in [-0.05, 0) is 13.3 Å². The number of nitrogens with zero attached hydrogens (tertiary/aromatic N) is 4. The molecule has 0 saturated heterocycles. The summed E-state index contributed by atoms with van der Waals surface area (Å²) in [4.78, 5) is 35.7. The first-order chi connectivity index (χ1) is 21.9. The van der Waals surface area contributed by atoms with Gasteiger partial charge in [0.25, 0.3) is 5.91 Å². The second-order valence-electron chi connectivity index (χ2n) is 11.9. The molecule has 0 aromatic rings. The van der Waals surface area contributed by atoms with Crippen LogP contribution in [0.3, 0.4) is 0 Å². The van der Waals surface area contributed by atoms with E-state index in [4.69, 9.17) is 24.5 Å². The minimum absolute atomic E-state index is 0.00418. The summed E-state index contributed by atoms with van der Waals surface area (Å²) in [6.07, 6.45) is 23.0. The molecule has 0 aromatic heterocycles. The maximum Gasteiger partial charge on any atom is 0.353 e. The molecule has 2 unspecified atom stereocenters. The largest absolute Gasteiger partial charge is 0.379 e. The number of amides is 1. The van der Waals surface area contributed by atoms with Crippen molar-refractivity contribution in [2.24, 2.45) is 20.7 Å². The van der Waals surface area contributed by atoms with Crippen molar-refractivity contribution in [3.8, 4) is 0 Å². The third kappa shape index (κ3) is 18.3. The lowest BCUT2D eigenvalue weighted by Crippen LogP contribution is -2.44. The van der Waals surface area contributed by atoms with Crippen molar-refractivity contribution < 1.29 is 33.0 Å². The van der Waals surface area contributed by atoms with Gasteiger partial charge in [0.15, 0.2) is 6.04 Å². The van der Waals surface area contributed by atoms with Gasteiger partial charge in [0.05, 0.1) is 38.8 Å². The van der Waals surface area contributed by atoms with Gasteiger partial charge in [0, 0.05) is 13.2 Å². The van der Waals surface area contributed by atoms with Gasteiger partial charge in [-0.1, -0.05) is 110 Å². The molecule has 12 nitrogen and oxygen atoms in total. The molecule has 0 spiro atoms. The van der Waals surface area contributed by atoms with Gasteiger partial charge < -0.3 is 34.3 Å². The number of hydrogen-bond donors (Lipinski definition) is 2. The molecule has 260 valence electrons. The van der Waals surface area contributed by atoms with Crippen molar-refractivity contribution in [2.75, 3.05) is 45.9 Å². The maximum atomic E-state index is 12.5. The Kier molecular flexibility index (Phi) is 21.5. The number of unbranched alkanes of at least 4 members (excludes halogenated alkanes) is 16. The fourth-order valence-corrected chi connectivity index (χ4v) is 6.15. The molecule has 2 aliphatic rings. The van der Waals surface area contributed by atoms with Gasteiger partial charge in [0.2, 0.25) is 5.96 Å². The summed E-state index contributed by atoms with van der Waals surface area (Å²) in [7, 11) is -4.00. The second kappa shape index (κ2) is 24.5. The molecule has 2 rings (SSSR count). The number of hydrogen-bond acceptors (Lipinski definition) is 10. The highest BCUT2D eigenvalue weighted by atomic mass is 31.2. The number of aliphatic imine (C=N–C) groups is 3. The van der Waals surface area contributed by atoms with Crippen LogP contribution in [0.15, 0.2) is 15.0 Å². The van der Waals surface area contributed by atoms with E-state index in [1.807, 2.05) is 6.92 Å². The predicted molar refractivity (Wildman–Crippen MR) is 180 cm³/mol. The summed E-state index contributed by atoms with van der Waals surface area (Å²) in [5.74, 6) is -0.277. The Morgan fingerprint density at radius 3 is 2.00 bits per heavy atom. The normalized spacial score (nSPS) is 18.2. The van der Waals surface area contributed by atoms with E-state index in [9.17, 15) is 14.3 Å². The summed E-state index contributed by atoms with van der Waals surface area (Å²) in [5.41, 5.74) is 5.62. The molecule has 2 aliphatic heterocycles. The Labute approximate surface area is 271 Å². The van der Waals surface area contributed by atoms with Crippen LogP contribution in [0, 0.1) is 0 Å². The van der Waals surface area contributed by atoms with E-state index in [2.05, 4.69) is 21.9 Å². The molecule has 45 heavy (non-hydrogen) atoms. The fourth-order valence-electron chi connectivity index (χ4n) is 5.32. The van der Waals surface area contributed by atoms with Crippen LogP contribution in [-0.4, -0.2) is 91.9 Å². The van der Waals surface area contributed by atoms with Crippen molar-refractivity contribution in [2.45, 2.75) is 135 Å². The number of carbonyl (C=O) groups is 1. The first-order valence-electron chi connectivity index (χ1n) is 17.4. The Balaban J connectivity index is 1.44. The van der Waals surface area contributed by atoms with Crippen molar-refractivity contribution in [3.63, 3.8) is 0 Å². The minimum Gasteiger partial charge on any atom is -0.379 e. The molecule has 0 aliphatic carbocycles. The Bertz CT molecular complexity index is 949. The Hall–Kier alpha value is -1.69. The smallest absolute Gasteiger partial charge is 0.353 e. The van der Waals surface area contributed by atoms with Gasteiger partial charge in [-0.25, -0.2) is 0 Å². The molecule has 0 bridgehead atoms. The molecule has 3 N–H and O–H groups in total. The summed E-state index contributed by atoms with van der Waals surface area (Å²) >= 11 is 0. The Morgan fingerprint density at radius 1 is 0.844 bits per heavy atom. The highest BCUT2D eigenvalue weighted by Gasteiger charge is 2.36. The monoisotopic (exact) mass is 657 g/mol. The van der Waals surface area contributed by atoms with Crippen molar-refractivity contribution in [1.29, 1.82) is 0 Å². The van der Waals surface area contributed by atoms with E-state index in [0.717, 1.165) is 12.8 Å². The lowest BCUT2D eigenvalue weighted by Gasteiger charge is -2.26. The van der Waals surface area contributed by atoms with Crippen LogP contribution in [0.4, 0.5) is 0 Å². The molecule has 3 atom stereocenters. The molecule has 0 fully saturated rings. The molecule has 13 heteroatoms. The number of nitrogens with two attached hydrogens (primary N) is 1. The lowest BCUT2D eigenvalue weighted by molar-refractivity contribution is -0.117. The highest BCUT2D eigenvalue weighted by molar-refractivity contribution is 7.52. The number of rotatable bonds is 30. The van der Waals surface area contributed by atoms with E-state index < -0.39 is 32.0 Å². The van der Waals surface area contributed by atoms with Crippen LogP contribution in [-0.2, 0) is 28.1 Å². The summed E-state index contributed by atoms with van der Waals surface area (Å²) in [6, 6.07) is -0.832. The zero-order valence-electron chi connectivity index (χ0n) is 27.9. The zero-order chi connectivity index (χ0) is 32.6. The first kappa shape index (κ1) is 39.5. The van der Waals surface area contributed by atoms with Gasteiger partial charge in [-0.2, -0.15) is 9.98 Å². The van der Waals surface area contributed by atoms with E-state index >= 15 is 0 Å². The number of ether oxygens (including phenoxy) is 3. The van der Waals surface area contributed by atoms with Crippen LogP contribution >= 0.6 is 7.60 Å². The Morgan fingerprint density at radius 2 is 1.42 bits per heavy atom. The van der Waals surface area contributed by atoms with Crippen molar-refractivity contribution in [1.82, 2.24) is 4.90 Å². The van der Waals surface area contributed by atoms with Crippen LogP contribution in [0.5, 0.6) is 0 Å². The average molecular weight is 658 g/mol. The molecule has 0 radical (unpaired) electrons. The maximum absolute atomic E-state index is 12.5. The number of carbonyl (C=O) groups excluding carboxylic acids is 1. The lowest BCUT2D eigenvalue weighted by atomic mass is 10.0. The van der Waals surface area contributed by atoms with Crippen LogP contribution in [0.2, 0.25) is 0 Å². The summed E-state index contributed by atoms with van der Waals surface area (Å²) < 4.78 is 34.5. The molecular weight excluding hydrogens is 597 g/mol. The first-order valence-corrected chi connectivity index (χ1v) is 19.1. The topological polar surface area (TPSA) is 158 Å². The third-order valence-electron chi connectivity index (χ3n) is 7.88. The molecule has 1 amide bonds. The standard InChI is InChI=1S/C32H60N5O7P/c1-3-5-6-7-8-9-10-11-12-13-14-15-16-17-18-19-20-21-42-22-23-44-45(39,40)27-43-28(25-41-4-2)24-37-26-34-29-30(37)35-32(33)36-31(29)38/h26,28-29H,3-25,27H2,1-2H3,(H,39,40)(H2,33,36,38)/t28-,29?/m0/s1. The SMILES string of the molecule is CCCCCCCCCCCCCCCCCCCOCCOP(=O)(O)CO[C@H](COCC)CN1C=NC2C(=O)N=C(N)N=C21. The number of amidine groups is 1. The van der Waals surface area contributed by atoms with Gasteiger partial charge in [-0.3, -0.25) is 14.4 Å². The van der Waals surface area contributed by atoms with E-state index in [1.54, 1.807) is 4.90 Å². The highest BCUT2D eigenvalue weighted by Crippen LogP contribution is 2.41. The molecular formula is C32H60N5O7P. The van der Waals surface area contributed by atoms with Crippen LogP contribution in [0.1, 0.15) is 123 Å². The van der Waals surface area contributed by atoms with Gasteiger partial charge in [-0.15, -0.1) is 0 Å². The molecule has 0 saturated carbocycles.